The lowest BCUT2D eigenvalue weighted by atomic mass is 9.71. The van der Waals surface area contributed by atoms with Crippen LogP contribution < -0.4 is 0 Å². The number of aliphatic imine (C=N–C) groups is 1. The number of allylic oxidation sites excluding steroid dienone is 1. The number of fused-ring (bicyclic) bond motifs is 1. The normalized spacial score (nSPS) is 23.8. The molecule has 0 bridgehead atoms. The van der Waals surface area contributed by atoms with Gasteiger partial charge in [0.15, 0.2) is 0 Å². The van der Waals surface area contributed by atoms with E-state index in [1.54, 1.807) is 18.3 Å². The minimum absolute atomic E-state index is 0.182. The van der Waals surface area contributed by atoms with E-state index < -0.39 is 0 Å². The van der Waals surface area contributed by atoms with Gasteiger partial charge < -0.3 is 4.74 Å². The van der Waals surface area contributed by atoms with Crippen LogP contribution >= 0.6 is 27.3 Å². The van der Waals surface area contributed by atoms with Crippen LogP contribution in [0, 0.1) is 12.8 Å². The molecule has 6 heteroatoms. The van der Waals surface area contributed by atoms with Gasteiger partial charge in [-0.1, -0.05) is 0 Å². The van der Waals surface area contributed by atoms with Gasteiger partial charge in [-0.3, -0.25) is 9.79 Å². The number of carbonyl (C=O) groups is 2. The maximum atomic E-state index is 12.7. The van der Waals surface area contributed by atoms with E-state index in [0.717, 1.165) is 32.8 Å². The predicted molar refractivity (Wildman–Crippen MR) is 98.6 cm³/mol. The Balaban J connectivity index is 2.16. The van der Waals surface area contributed by atoms with E-state index >= 15 is 0 Å². The van der Waals surface area contributed by atoms with Gasteiger partial charge >= 0.3 is 5.97 Å². The summed E-state index contributed by atoms with van der Waals surface area (Å²) in [5.74, 6) is -0.782. The molecule has 1 aromatic rings. The molecule has 1 aliphatic heterocycles. The third-order valence-corrected chi connectivity index (χ3v) is 6.81. The summed E-state index contributed by atoms with van der Waals surface area (Å²) in [4.78, 5) is 32.0. The first-order chi connectivity index (χ1) is 11.4. The molecule has 3 rings (SSSR count). The molecule has 2 atom stereocenters. The van der Waals surface area contributed by atoms with Crippen molar-refractivity contribution in [3.8, 4) is 0 Å². The van der Waals surface area contributed by atoms with Crippen LogP contribution in [0.5, 0.6) is 0 Å². The Morgan fingerprint density at radius 1 is 1.38 bits per heavy atom. The molecule has 1 aliphatic carbocycles. The van der Waals surface area contributed by atoms with Crippen LogP contribution in [0.2, 0.25) is 0 Å². The van der Waals surface area contributed by atoms with Crippen molar-refractivity contribution in [2.24, 2.45) is 10.9 Å². The second-order valence-corrected chi connectivity index (χ2v) is 8.29. The molecule has 1 saturated carbocycles. The van der Waals surface area contributed by atoms with E-state index in [2.05, 4.69) is 20.9 Å². The van der Waals surface area contributed by atoms with Crippen molar-refractivity contribution in [3.63, 3.8) is 0 Å². The zero-order chi connectivity index (χ0) is 17.4. The van der Waals surface area contributed by atoms with Crippen LogP contribution in [0.4, 0.5) is 0 Å². The Kier molecular flexibility index (Phi) is 5.06. The molecule has 4 nitrogen and oxygen atoms in total. The summed E-state index contributed by atoms with van der Waals surface area (Å²) in [5.41, 5.74) is 2.14. The minimum Gasteiger partial charge on any atom is -0.463 e. The largest absolute Gasteiger partial charge is 0.463 e. The average molecular weight is 410 g/mol. The molecule has 0 radical (unpaired) electrons. The highest BCUT2D eigenvalue weighted by atomic mass is 79.9. The lowest BCUT2D eigenvalue weighted by molar-refractivity contribution is -0.139. The number of hydrogen-bond acceptors (Lipinski definition) is 5. The van der Waals surface area contributed by atoms with Gasteiger partial charge in [0, 0.05) is 38.0 Å². The highest BCUT2D eigenvalue weighted by Crippen LogP contribution is 2.46. The molecule has 2 heterocycles. The molecule has 1 fully saturated rings. The van der Waals surface area contributed by atoms with Crippen molar-refractivity contribution < 1.29 is 14.3 Å². The number of aryl methyl sites for hydroxylation is 1. The molecule has 0 spiro atoms. The van der Waals surface area contributed by atoms with Gasteiger partial charge in [0.2, 0.25) is 0 Å². The number of Topliss-reactive ketones (excluding diaryl/α,β-unsaturated/α-hetero) is 1. The van der Waals surface area contributed by atoms with Crippen molar-refractivity contribution >= 4 is 44.7 Å². The highest BCUT2D eigenvalue weighted by Gasteiger charge is 2.44. The number of rotatable bonds is 3. The number of thiophene rings is 1. The zero-order valence-corrected chi connectivity index (χ0v) is 16.4. The number of esters is 1. The third kappa shape index (κ3) is 3.02. The van der Waals surface area contributed by atoms with Gasteiger partial charge in [0.25, 0.3) is 0 Å². The van der Waals surface area contributed by atoms with Crippen molar-refractivity contribution in [1.82, 2.24) is 0 Å². The van der Waals surface area contributed by atoms with E-state index in [-0.39, 0.29) is 23.6 Å². The number of ketones is 1. The van der Waals surface area contributed by atoms with Gasteiger partial charge in [0.1, 0.15) is 5.78 Å². The molecule has 1 aromatic heterocycles. The molecule has 0 saturated heterocycles. The Bertz CT molecular complexity index is 743. The maximum absolute atomic E-state index is 12.7. The summed E-state index contributed by atoms with van der Waals surface area (Å²) in [6.07, 6.45) is 2.23. The number of carbonyl (C=O) groups excluding carboxylic acids is 2. The SMILES string of the molecule is CCOC(=O)C1=C(C)N=C2CCCC(=O)C2C1c1cc(Br)c(C)s1. The fraction of sp³-hybridized carbons (Fsp3) is 0.500. The molecule has 0 amide bonds. The first kappa shape index (κ1) is 17.5. The molecule has 24 heavy (non-hydrogen) atoms. The number of nitrogens with zero attached hydrogens (tertiary/aromatic N) is 1. The standard InChI is InChI=1S/C18H20BrNO3S/c1-4-23-18(22)15-9(2)20-12-6-5-7-13(21)16(12)17(15)14-8-11(19)10(3)24-14/h8,16-17H,4-7H2,1-3H3. The predicted octanol–water partition coefficient (Wildman–Crippen LogP) is 4.56. The molecule has 2 unspecified atom stereocenters. The number of hydrogen-bond donors (Lipinski definition) is 0. The van der Waals surface area contributed by atoms with Crippen LogP contribution in [0.25, 0.3) is 0 Å². The minimum atomic E-state index is -0.358. The van der Waals surface area contributed by atoms with Crippen LogP contribution in [0.15, 0.2) is 26.8 Å². The second-order valence-electron chi connectivity index (χ2n) is 6.15. The Morgan fingerprint density at radius 2 is 2.12 bits per heavy atom. The van der Waals surface area contributed by atoms with Crippen molar-refractivity contribution in [2.75, 3.05) is 6.61 Å². The second kappa shape index (κ2) is 6.92. The summed E-state index contributed by atoms with van der Waals surface area (Å²) in [6.45, 7) is 5.97. The van der Waals surface area contributed by atoms with Crippen molar-refractivity contribution in [3.05, 3.63) is 31.6 Å². The lowest BCUT2D eigenvalue weighted by Gasteiger charge is -2.34. The van der Waals surface area contributed by atoms with Crippen LogP contribution in [0.3, 0.4) is 0 Å². The summed E-state index contributed by atoms with van der Waals surface area (Å²) < 4.78 is 6.28. The van der Waals surface area contributed by atoms with Gasteiger partial charge in [-0.15, -0.1) is 11.3 Å². The number of ether oxygens (including phenoxy) is 1. The quantitative estimate of drug-likeness (QED) is 0.687. The highest BCUT2D eigenvalue weighted by molar-refractivity contribution is 9.10. The van der Waals surface area contributed by atoms with Gasteiger partial charge in [-0.05, 0) is 55.6 Å². The van der Waals surface area contributed by atoms with E-state index in [1.807, 2.05) is 19.9 Å². The fourth-order valence-corrected chi connectivity index (χ4v) is 5.25. The topological polar surface area (TPSA) is 55.7 Å². The molecule has 0 N–H and O–H groups in total. The summed E-state index contributed by atoms with van der Waals surface area (Å²) in [7, 11) is 0. The van der Waals surface area contributed by atoms with Gasteiger partial charge in [-0.25, -0.2) is 4.79 Å². The molecular formula is C18H20BrNO3S. The molecule has 0 aromatic carbocycles. The average Bonchev–Trinajstić information content (AvgIpc) is 2.85. The van der Waals surface area contributed by atoms with E-state index in [4.69, 9.17) is 4.74 Å². The number of halogens is 1. The monoisotopic (exact) mass is 409 g/mol. The summed E-state index contributed by atoms with van der Waals surface area (Å²) in [6, 6.07) is 2.03. The van der Waals surface area contributed by atoms with Crippen LogP contribution in [-0.2, 0) is 14.3 Å². The Morgan fingerprint density at radius 3 is 2.75 bits per heavy atom. The van der Waals surface area contributed by atoms with Crippen molar-refractivity contribution in [1.29, 1.82) is 0 Å². The maximum Gasteiger partial charge on any atom is 0.336 e. The lowest BCUT2D eigenvalue weighted by Crippen LogP contribution is -2.38. The molecule has 128 valence electrons. The first-order valence-electron chi connectivity index (χ1n) is 8.18. The molecular weight excluding hydrogens is 390 g/mol. The Hall–Kier alpha value is -1.27. The summed E-state index contributed by atoms with van der Waals surface area (Å²) in [5, 5.41) is 0. The first-order valence-corrected chi connectivity index (χ1v) is 9.78. The zero-order valence-electron chi connectivity index (χ0n) is 14.0. The smallest absolute Gasteiger partial charge is 0.336 e. The third-order valence-electron chi connectivity index (χ3n) is 4.59. The van der Waals surface area contributed by atoms with Gasteiger partial charge in [-0.2, -0.15) is 0 Å². The van der Waals surface area contributed by atoms with E-state index in [1.165, 1.54) is 0 Å². The van der Waals surface area contributed by atoms with Crippen LogP contribution in [-0.4, -0.2) is 24.1 Å². The van der Waals surface area contributed by atoms with E-state index in [0.29, 0.717) is 24.3 Å². The van der Waals surface area contributed by atoms with E-state index in [9.17, 15) is 9.59 Å². The fourth-order valence-electron chi connectivity index (χ4n) is 3.54. The van der Waals surface area contributed by atoms with Crippen molar-refractivity contribution in [2.45, 2.75) is 46.0 Å². The Labute approximate surface area is 154 Å². The van der Waals surface area contributed by atoms with Crippen LogP contribution in [0.1, 0.15) is 48.8 Å². The summed E-state index contributed by atoms with van der Waals surface area (Å²) >= 11 is 5.18. The van der Waals surface area contributed by atoms with Gasteiger partial charge in [0.05, 0.1) is 18.1 Å². The molecule has 2 aliphatic rings.